The molecule has 0 spiro atoms. The van der Waals surface area contributed by atoms with Crippen molar-refractivity contribution in [1.29, 1.82) is 0 Å². The van der Waals surface area contributed by atoms with Crippen LogP contribution in [-0.4, -0.2) is 22.8 Å². The molecule has 1 N–H and O–H groups in total. The smallest absolute Gasteiger partial charge is 0.151 e. The topological polar surface area (TPSA) is 24.9 Å². The second-order valence-corrected chi connectivity index (χ2v) is 7.35. The second kappa shape index (κ2) is 5.38. The van der Waals surface area contributed by atoms with Crippen molar-refractivity contribution in [3.63, 3.8) is 0 Å². The zero-order chi connectivity index (χ0) is 12.3. The Labute approximate surface area is 111 Å². The van der Waals surface area contributed by atoms with Gasteiger partial charge in [-0.3, -0.25) is 0 Å². The molecule has 17 heavy (non-hydrogen) atoms. The van der Waals surface area contributed by atoms with Crippen molar-refractivity contribution in [3.8, 4) is 0 Å². The third kappa shape index (κ3) is 3.98. The number of hydrogen-bond acceptors (Lipinski definition) is 4. The Morgan fingerprint density at radius 2 is 2.06 bits per heavy atom. The number of aromatic nitrogens is 1. The molecule has 0 aliphatic carbocycles. The standard InChI is InChI=1S/C13H18N2S2/c1-13(2,3)14-8-9-16-12-15-10-6-4-5-7-11(10)17-12/h4-7,14H,8-9H2,1-3H3. The lowest BCUT2D eigenvalue weighted by atomic mass is 10.1. The highest BCUT2D eigenvalue weighted by Gasteiger charge is 2.08. The van der Waals surface area contributed by atoms with Gasteiger partial charge in [0.25, 0.3) is 0 Å². The maximum atomic E-state index is 4.60. The van der Waals surface area contributed by atoms with E-state index in [1.54, 1.807) is 11.3 Å². The Balaban J connectivity index is 1.87. The Morgan fingerprint density at radius 3 is 2.76 bits per heavy atom. The number of hydrogen-bond donors (Lipinski definition) is 1. The van der Waals surface area contributed by atoms with Gasteiger partial charge in [0, 0.05) is 17.8 Å². The predicted molar refractivity (Wildman–Crippen MR) is 78.1 cm³/mol. The highest BCUT2D eigenvalue weighted by atomic mass is 32.2. The molecule has 0 aliphatic rings. The number of benzene rings is 1. The fraction of sp³-hybridized carbons (Fsp3) is 0.462. The largest absolute Gasteiger partial charge is 0.311 e. The number of nitrogens with one attached hydrogen (secondary N) is 1. The normalized spacial score (nSPS) is 12.2. The Morgan fingerprint density at radius 1 is 1.29 bits per heavy atom. The molecule has 0 saturated heterocycles. The molecule has 0 aliphatic heterocycles. The maximum Gasteiger partial charge on any atom is 0.151 e. The van der Waals surface area contributed by atoms with Gasteiger partial charge in [-0.05, 0) is 32.9 Å². The van der Waals surface area contributed by atoms with E-state index in [0.717, 1.165) is 17.8 Å². The van der Waals surface area contributed by atoms with Gasteiger partial charge in [0.1, 0.15) is 0 Å². The lowest BCUT2D eigenvalue weighted by Crippen LogP contribution is -2.37. The monoisotopic (exact) mass is 266 g/mol. The van der Waals surface area contributed by atoms with E-state index < -0.39 is 0 Å². The fourth-order valence-corrected chi connectivity index (χ4v) is 3.47. The summed E-state index contributed by atoms with van der Waals surface area (Å²) in [7, 11) is 0. The van der Waals surface area contributed by atoms with Gasteiger partial charge in [0.2, 0.25) is 0 Å². The van der Waals surface area contributed by atoms with Crippen LogP contribution < -0.4 is 5.32 Å². The van der Waals surface area contributed by atoms with Crippen molar-refractivity contribution in [2.24, 2.45) is 0 Å². The van der Waals surface area contributed by atoms with Gasteiger partial charge in [-0.15, -0.1) is 11.3 Å². The first-order valence-corrected chi connectivity index (χ1v) is 7.58. The van der Waals surface area contributed by atoms with Crippen molar-refractivity contribution < 1.29 is 0 Å². The van der Waals surface area contributed by atoms with Crippen LogP contribution in [0.5, 0.6) is 0 Å². The van der Waals surface area contributed by atoms with E-state index in [0.29, 0.717) is 0 Å². The van der Waals surface area contributed by atoms with Gasteiger partial charge in [0.15, 0.2) is 4.34 Å². The first-order chi connectivity index (χ1) is 8.04. The van der Waals surface area contributed by atoms with Crippen LogP contribution in [0.15, 0.2) is 28.6 Å². The van der Waals surface area contributed by atoms with E-state index in [2.05, 4.69) is 49.3 Å². The lowest BCUT2D eigenvalue weighted by molar-refractivity contribution is 0.441. The molecule has 0 amide bonds. The number of thioether (sulfide) groups is 1. The second-order valence-electron chi connectivity index (χ2n) is 4.97. The summed E-state index contributed by atoms with van der Waals surface area (Å²) in [5.41, 5.74) is 1.32. The van der Waals surface area contributed by atoms with Gasteiger partial charge in [-0.25, -0.2) is 4.98 Å². The molecule has 1 aromatic carbocycles. The molecule has 1 aromatic heterocycles. The first kappa shape index (κ1) is 12.9. The summed E-state index contributed by atoms with van der Waals surface area (Å²) in [6, 6.07) is 8.31. The van der Waals surface area contributed by atoms with Gasteiger partial charge >= 0.3 is 0 Å². The van der Waals surface area contributed by atoms with Crippen LogP contribution in [-0.2, 0) is 0 Å². The fourth-order valence-electron chi connectivity index (χ4n) is 1.48. The number of thiazole rings is 1. The molecular weight excluding hydrogens is 248 g/mol. The molecule has 0 unspecified atom stereocenters. The molecule has 92 valence electrons. The number of nitrogens with zero attached hydrogens (tertiary/aromatic N) is 1. The van der Waals surface area contributed by atoms with Crippen LogP contribution in [0.4, 0.5) is 0 Å². The minimum absolute atomic E-state index is 0.203. The van der Waals surface area contributed by atoms with Crippen molar-refractivity contribution >= 4 is 33.3 Å². The zero-order valence-corrected chi connectivity index (χ0v) is 12.1. The molecule has 1 heterocycles. The highest BCUT2D eigenvalue weighted by molar-refractivity contribution is 8.01. The van der Waals surface area contributed by atoms with Crippen LogP contribution >= 0.6 is 23.1 Å². The zero-order valence-electron chi connectivity index (χ0n) is 10.5. The van der Waals surface area contributed by atoms with Crippen LogP contribution in [0.2, 0.25) is 0 Å². The van der Waals surface area contributed by atoms with Gasteiger partial charge in [-0.1, -0.05) is 23.9 Å². The maximum absolute atomic E-state index is 4.60. The third-order valence-corrected chi connectivity index (χ3v) is 4.44. The van der Waals surface area contributed by atoms with E-state index >= 15 is 0 Å². The molecule has 0 fully saturated rings. The molecule has 0 saturated carbocycles. The molecule has 2 rings (SSSR count). The molecule has 0 radical (unpaired) electrons. The van der Waals surface area contributed by atoms with Gasteiger partial charge in [-0.2, -0.15) is 0 Å². The third-order valence-electron chi connectivity index (χ3n) is 2.26. The van der Waals surface area contributed by atoms with Crippen molar-refractivity contribution in [2.75, 3.05) is 12.3 Å². The van der Waals surface area contributed by atoms with E-state index in [4.69, 9.17) is 0 Å². The average molecular weight is 266 g/mol. The van der Waals surface area contributed by atoms with Crippen molar-refractivity contribution in [2.45, 2.75) is 30.6 Å². The van der Waals surface area contributed by atoms with E-state index in [-0.39, 0.29) is 5.54 Å². The Bertz CT molecular complexity index is 452. The van der Waals surface area contributed by atoms with Crippen LogP contribution in [0.25, 0.3) is 10.2 Å². The van der Waals surface area contributed by atoms with E-state index in [1.807, 2.05) is 17.8 Å². The summed E-state index contributed by atoms with van der Waals surface area (Å²) in [6.45, 7) is 7.59. The number of para-hydroxylation sites is 1. The summed E-state index contributed by atoms with van der Waals surface area (Å²) in [5, 5.41) is 3.48. The molecule has 0 bridgehead atoms. The highest BCUT2D eigenvalue weighted by Crippen LogP contribution is 2.28. The molecule has 2 nitrogen and oxygen atoms in total. The first-order valence-electron chi connectivity index (χ1n) is 5.78. The van der Waals surface area contributed by atoms with Crippen LogP contribution in [0.3, 0.4) is 0 Å². The average Bonchev–Trinajstić information content (AvgIpc) is 2.65. The van der Waals surface area contributed by atoms with Crippen LogP contribution in [0.1, 0.15) is 20.8 Å². The molecular formula is C13H18N2S2. The van der Waals surface area contributed by atoms with E-state index in [1.165, 1.54) is 9.04 Å². The summed E-state index contributed by atoms with van der Waals surface area (Å²) < 4.78 is 2.45. The number of rotatable bonds is 4. The quantitative estimate of drug-likeness (QED) is 0.673. The van der Waals surface area contributed by atoms with Gasteiger partial charge < -0.3 is 5.32 Å². The van der Waals surface area contributed by atoms with Crippen molar-refractivity contribution in [3.05, 3.63) is 24.3 Å². The summed E-state index contributed by atoms with van der Waals surface area (Å²) >= 11 is 3.61. The molecule has 4 heteroatoms. The molecule has 2 aromatic rings. The predicted octanol–water partition coefficient (Wildman–Crippen LogP) is 3.78. The number of fused-ring (bicyclic) bond motifs is 1. The minimum atomic E-state index is 0.203. The van der Waals surface area contributed by atoms with Crippen molar-refractivity contribution in [1.82, 2.24) is 10.3 Å². The Hall–Kier alpha value is -0.580. The van der Waals surface area contributed by atoms with Crippen LogP contribution in [0, 0.1) is 0 Å². The summed E-state index contributed by atoms with van der Waals surface area (Å²) in [5.74, 6) is 1.07. The molecule has 0 atom stereocenters. The summed E-state index contributed by atoms with van der Waals surface area (Å²) in [4.78, 5) is 4.60. The van der Waals surface area contributed by atoms with E-state index in [9.17, 15) is 0 Å². The van der Waals surface area contributed by atoms with Gasteiger partial charge in [0.05, 0.1) is 10.2 Å². The Kier molecular flexibility index (Phi) is 4.07. The lowest BCUT2D eigenvalue weighted by Gasteiger charge is -2.19. The minimum Gasteiger partial charge on any atom is -0.311 e. The summed E-state index contributed by atoms with van der Waals surface area (Å²) in [6.07, 6.45) is 0. The SMILES string of the molecule is CC(C)(C)NCCSc1nc2ccccc2s1.